The van der Waals surface area contributed by atoms with Crippen LogP contribution in [0.1, 0.15) is 19.9 Å². The molecule has 7 nitrogen and oxygen atoms in total. The molecule has 0 amide bonds. The van der Waals surface area contributed by atoms with Crippen molar-refractivity contribution in [2.75, 3.05) is 13.7 Å². The molecule has 0 bridgehead atoms. The third kappa shape index (κ3) is 2.49. The molecule has 2 heterocycles. The lowest BCUT2D eigenvalue weighted by Crippen LogP contribution is -2.52. The van der Waals surface area contributed by atoms with Crippen molar-refractivity contribution in [2.24, 2.45) is 0 Å². The fraction of sp³-hybridized carbons (Fsp3) is 0.667. The third-order valence-corrected chi connectivity index (χ3v) is 3.35. The van der Waals surface area contributed by atoms with Crippen LogP contribution >= 0.6 is 0 Å². The van der Waals surface area contributed by atoms with Crippen molar-refractivity contribution in [2.45, 2.75) is 38.2 Å². The summed E-state index contributed by atoms with van der Waals surface area (Å²) in [4.78, 5) is 25.5. The predicted octanol–water partition coefficient (Wildman–Crippen LogP) is -0.819. The quantitative estimate of drug-likeness (QED) is 0.733. The Hall–Kier alpha value is -1.44. The van der Waals surface area contributed by atoms with Gasteiger partial charge in [0.25, 0.3) is 5.56 Å². The topological polar surface area (TPSA) is 93.6 Å². The minimum absolute atomic E-state index is 0.0900. The average Bonchev–Trinajstić information content (AvgIpc) is 2.42. The second kappa shape index (κ2) is 5.28. The molecule has 0 radical (unpaired) electrons. The van der Waals surface area contributed by atoms with Crippen LogP contribution in [0.4, 0.5) is 0 Å². The van der Waals surface area contributed by atoms with E-state index in [-0.39, 0.29) is 13.5 Å². The van der Waals surface area contributed by atoms with Crippen molar-refractivity contribution in [1.29, 1.82) is 0 Å². The summed E-state index contributed by atoms with van der Waals surface area (Å²) in [6.45, 7) is 1.63. The van der Waals surface area contributed by atoms with Gasteiger partial charge in [0.1, 0.15) is 12.2 Å². The van der Waals surface area contributed by atoms with Crippen LogP contribution in [-0.4, -0.2) is 46.7 Å². The van der Waals surface area contributed by atoms with Crippen molar-refractivity contribution >= 4 is 0 Å². The van der Waals surface area contributed by atoms with E-state index in [9.17, 15) is 14.7 Å². The molecule has 1 unspecified atom stereocenters. The Balaban J connectivity index is 2.39. The molecule has 1 aliphatic heterocycles. The number of hydrogen-bond acceptors (Lipinski definition) is 5. The number of aromatic amines is 1. The number of aromatic nitrogens is 2. The van der Waals surface area contributed by atoms with Crippen LogP contribution in [0.5, 0.6) is 0 Å². The first kappa shape index (κ1) is 12.6. The van der Waals surface area contributed by atoms with Gasteiger partial charge in [0.15, 0.2) is 0 Å². The summed E-state index contributed by atoms with van der Waals surface area (Å²) >= 11 is 0. The summed E-state index contributed by atoms with van der Waals surface area (Å²) in [7, 11) is 1.43. The second-order valence-electron chi connectivity index (χ2n) is 4.61. The molecule has 0 aliphatic carbocycles. The Bertz CT molecular complexity index is 584. The fourth-order valence-electron chi connectivity index (χ4n) is 2.22. The van der Waals surface area contributed by atoms with Gasteiger partial charge in [-0.2, -0.15) is 0 Å². The van der Waals surface area contributed by atoms with E-state index in [1.807, 2.05) is 0 Å². The van der Waals surface area contributed by atoms with E-state index in [0.717, 1.165) is 0 Å². The zero-order chi connectivity index (χ0) is 14.9. The molecule has 0 spiro atoms. The van der Waals surface area contributed by atoms with Gasteiger partial charge in [0, 0.05) is 20.2 Å². The fourth-order valence-corrected chi connectivity index (χ4v) is 2.22. The molecule has 1 fully saturated rings. The van der Waals surface area contributed by atoms with E-state index in [0.29, 0.717) is 5.56 Å². The first-order chi connectivity index (χ1) is 9.49. The average molecular weight is 271 g/mol. The number of H-pyrrole nitrogens is 1. The molecule has 1 saturated heterocycles. The molecule has 1 aromatic rings. The minimum atomic E-state index is -1.00. The minimum Gasteiger partial charge on any atom is -0.388 e. The van der Waals surface area contributed by atoms with Crippen LogP contribution in [0.15, 0.2) is 15.8 Å². The molecule has 0 aromatic carbocycles. The SMILES string of the molecule is [2H]CC1OC[C@@H](n2cc(C)c(=O)[nH]c2=O)[C@H](OC)[C@@H]1O. The van der Waals surface area contributed by atoms with Crippen LogP contribution in [0.3, 0.4) is 0 Å². The lowest BCUT2D eigenvalue weighted by atomic mass is 9.98. The highest BCUT2D eigenvalue weighted by molar-refractivity contribution is 5.03. The Morgan fingerprint density at radius 1 is 1.63 bits per heavy atom. The first-order valence-corrected chi connectivity index (χ1v) is 5.93. The highest BCUT2D eigenvalue weighted by atomic mass is 16.5. The van der Waals surface area contributed by atoms with E-state index in [1.165, 1.54) is 17.9 Å². The van der Waals surface area contributed by atoms with Gasteiger partial charge in [-0.05, 0) is 13.8 Å². The number of nitrogens with zero attached hydrogens (tertiary/aromatic N) is 1. The van der Waals surface area contributed by atoms with Crippen molar-refractivity contribution in [3.63, 3.8) is 0 Å². The first-order valence-electron chi connectivity index (χ1n) is 6.64. The number of hydrogen-bond donors (Lipinski definition) is 2. The zero-order valence-corrected chi connectivity index (χ0v) is 10.8. The summed E-state index contributed by atoms with van der Waals surface area (Å²) in [6.07, 6.45) is -0.900. The number of aliphatic hydroxyl groups is 1. The maximum absolute atomic E-state index is 11.9. The lowest BCUT2D eigenvalue weighted by Gasteiger charge is -2.38. The van der Waals surface area contributed by atoms with Crippen molar-refractivity contribution in [3.8, 4) is 0 Å². The van der Waals surface area contributed by atoms with Crippen LogP contribution < -0.4 is 11.2 Å². The number of aryl methyl sites for hydroxylation is 1. The van der Waals surface area contributed by atoms with Crippen molar-refractivity contribution in [1.82, 2.24) is 9.55 Å². The summed E-state index contributed by atoms with van der Waals surface area (Å²) < 4.78 is 19.3. The van der Waals surface area contributed by atoms with Crippen LogP contribution in [0.2, 0.25) is 0 Å². The highest BCUT2D eigenvalue weighted by Gasteiger charge is 2.39. The van der Waals surface area contributed by atoms with E-state index in [1.54, 1.807) is 6.92 Å². The van der Waals surface area contributed by atoms with Gasteiger partial charge >= 0.3 is 5.69 Å². The van der Waals surface area contributed by atoms with Gasteiger partial charge in [-0.1, -0.05) is 0 Å². The summed E-state index contributed by atoms with van der Waals surface area (Å²) in [5.74, 6) is 0. The van der Waals surface area contributed by atoms with Gasteiger partial charge in [-0.3, -0.25) is 14.3 Å². The van der Waals surface area contributed by atoms with Gasteiger partial charge in [-0.15, -0.1) is 0 Å². The lowest BCUT2D eigenvalue weighted by molar-refractivity contribution is -0.163. The van der Waals surface area contributed by atoms with E-state index in [2.05, 4.69) is 4.98 Å². The standard InChI is InChI=1S/C12H18N2O5/c1-6-4-14(12(17)13-11(6)16)8-5-19-7(2)9(15)10(8)18-3/h4,7-10,15H,5H2,1-3H3,(H,13,16,17)/t7?,8-,9-,10+/m1/s1/i2D. The third-order valence-electron chi connectivity index (χ3n) is 3.35. The Labute approximate surface area is 111 Å². The molecule has 2 rings (SSSR count). The molecular formula is C12H18N2O5. The van der Waals surface area contributed by atoms with Gasteiger partial charge in [0.2, 0.25) is 0 Å². The summed E-state index contributed by atoms with van der Waals surface area (Å²) in [6, 6.07) is -0.555. The van der Waals surface area contributed by atoms with Crippen molar-refractivity contribution < 1.29 is 16.0 Å². The molecule has 1 aliphatic rings. The van der Waals surface area contributed by atoms with Crippen LogP contribution in [0, 0.1) is 6.92 Å². The number of rotatable bonds is 2. The number of nitrogens with one attached hydrogen (secondary N) is 1. The maximum atomic E-state index is 11.9. The highest BCUT2D eigenvalue weighted by Crippen LogP contribution is 2.25. The smallest absolute Gasteiger partial charge is 0.328 e. The molecule has 0 saturated carbocycles. The molecule has 1 aromatic heterocycles. The van der Waals surface area contributed by atoms with E-state index >= 15 is 0 Å². The monoisotopic (exact) mass is 271 g/mol. The predicted molar refractivity (Wildman–Crippen MR) is 67.3 cm³/mol. The second-order valence-corrected chi connectivity index (χ2v) is 4.61. The molecule has 4 atom stereocenters. The normalized spacial score (nSPS) is 32.1. The van der Waals surface area contributed by atoms with E-state index in [4.69, 9.17) is 10.8 Å². The largest absolute Gasteiger partial charge is 0.388 e. The van der Waals surface area contributed by atoms with Gasteiger partial charge in [-0.25, -0.2) is 4.79 Å². The van der Waals surface area contributed by atoms with Crippen molar-refractivity contribution in [3.05, 3.63) is 32.6 Å². The Morgan fingerprint density at radius 3 is 3.00 bits per heavy atom. The number of ether oxygens (including phenoxy) is 2. The molecule has 7 heteroatoms. The van der Waals surface area contributed by atoms with Gasteiger partial charge < -0.3 is 14.6 Å². The number of aliphatic hydroxyl groups excluding tert-OH is 1. The maximum Gasteiger partial charge on any atom is 0.328 e. The molecule has 106 valence electrons. The summed E-state index contributed by atoms with van der Waals surface area (Å²) in [5.41, 5.74) is -0.633. The number of methoxy groups -OCH3 is 1. The van der Waals surface area contributed by atoms with E-state index < -0.39 is 35.6 Å². The molecular weight excluding hydrogens is 252 g/mol. The molecule has 2 N–H and O–H groups in total. The zero-order valence-electron chi connectivity index (χ0n) is 11.8. The molecule has 19 heavy (non-hydrogen) atoms. The summed E-state index contributed by atoms with van der Waals surface area (Å²) in [5, 5.41) is 10.1. The van der Waals surface area contributed by atoms with Crippen LogP contribution in [0.25, 0.3) is 0 Å². The van der Waals surface area contributed by atoms with Gasteiger partial charge in [0.05, 0.1) is 18.8 Å². The Morgan fingerprint density at radius 2 is 2.37 bits per heavy atom. The Kier molecular flexibility index (Phi) is 3.50. The van der Waals surface area contributed by atoms with Crippen LogP contribution in [-0.2, 0) is 9.47 Å².